The molecule has 0 spiro atoms. The van der Waals surface area contributed by atoms with Crippen molar-refractivity contribution >= 4 is 5.97 Å². The van der Waals surface area contributed by atoms with E-state index in [2.05, 4.69) is 11.9 Å². The zero-order valence-electron chi connectivity index (χ0n) is 8.14. The van der Waals surface area contributed by atoms with Crippen molar-refractivity contribution < 1.29 is 9.53 Å². The van der Waals surface area contributed by atoms with Gasteiger partial charge in [-0.25, -0.2) is 0 Å². The second kappa shape index (κ2) is 4.42. The molecule has 0 radical (unpaired) electrons. The molecule has 0 aromatic heterocycles. The van der Waals surface area contributed by atoms with E-state index in [9.17, 15) is 4.79 Å². The van der Waals surface area contributed by atoms with Crippen LogP contribution in [-0.4, -0.2) is 26.2 Å². The van der Waals surface area contributed by atoms with Crippen LogP contribution in [0.1, 0.15) is 19.3 Å². The summed E-state index contributed by atoms with van der Waals surface area (Å²) in [5, 5.41) is 3.20. The lowest BCUT2D eigenvalue weighted by Crippen LogP contribution is -2.34. The van der Waals surface area contributed by atoms with Crippen molar-refractivity contribution in [1.82, 2.24) is 5.32 Å². The number of hydrogen-bond acceptors (Lipinski definition) is 3. The van der Waals surface area contributed by atoms with E-state index in [0.717, 1.165) is 32.4 Å². The van der Waals surface area contributed by atoms with Gasteiger partial charge in [-0.1, -0.05) is 6.08 Å². The van der Waals surface area contributed by atoms with E-state index in [1.807, 2.05) is 6.08 Å². The van der Waals surface area contributed by atoms with Crippen molar-refractivity contribution in [1.29, 1.82) is 0 Å². The Bertz CT molecular complexity index is 195. The van der Waals surface area contributed by atoms with E-state index >= 15 is 0 Å². The molecule has 0 amide bonds. The molecule has 1 saturated heterocycles. The highest BCUT2D eigenvalue weighted by Gasteiger charge is 2.41. The van der Waals surface area contributed by atoms with Crippen LogP contribution in [-0.2, 0) is 9.53 Å². The molecule has 1 atom stereocenters. The minimum absolute atomic E-state index is 0.0839. The third-order valence-electron chi connectivity index (χ3n) is 2.69. The summed E-state index contributed by atoms with van der Waals surface area (Å²) < 4.78 is 4.82. The zero-order valence-corrected chi connectivity index (χ0v) is 8.14. The first-order chi connectivity index (χ1) is 6.25. The predicted molar refractivity (Wildman–Crippen MR) is 51.4 cm³/mol. The lowest BCUT2D eigenvalue weighted by Gasteiger charge is -2.24. The van der Waals surface area contributed by atoms with Gasteiger partial charge >= 0.3 is 5.97 Å². The first-order valence-electron chi connectivity index (χ1n) is 4.65. The molecule has 1 heterocycles. The van der Waals surface area contributed by atoms with Gasteiger partial charge in [0.1, 0.15) is 0 Å². The third-order valence-corrected chi connectivity index (χ3v) is 2.69. The summed E-state index contributed by atoms with van der Waals surface area (Å²) in [5.41, 5.74) is -0.289. The molecule has 1 N–H and O–H groups in total. The monoisotopic (exact) mass is 183 g/mol. The average Bonchev–Trinajstić information content (AvgIpc) is 2.63. The van der Waals surface area contributed by atoms with E-state index in [1.54, 1.807) is 0 Å². The molecule has 1 unspecified atom stereocenters. The predicted octanol–water partition coefficient (Wildman–Crippen LogP) is 1.11. The first-order valence-corrected chi connectivity index (χ1v) is 4.65. The highest BCUT2D eigenvalue weighted by molar-refractivity contribution is 5.77. The number of hydrogen-bond donors (Lipinski definition) is 1. The van der Waals surface area contributed by atoms with Crippen molar-refractivity contribution in [2.24, 2.45) is 5.41 Å². The van der Waals surface area contributed by atoms with Gasteiger partial charge in [0.25, 0.3) is 0 Å². The Morgan fingerprint density at radius 3 is 3.00 bits per heavy atom. The molecule has 13 heavy (non-hydrogen) atoms. The lowest BCUT2D eigenvalue weighted by atomic mass is 9.82. The largest absolute Gasteiger partial charge is 0.469 e. The third kappa shape index (κ3) is 2.10. The number of methoxy groups -OCH3 is 1. The Balaban J connectivity index is 2.62. The van der Waals surface area contributed by atoms with E-state index in [0.29, 0.717) is 0 Å². The summed E-state index contributed by atoms with van der Waals surface area (Å²) in [5.74, 6) is -0.0839. The Morgan fingerprint density at radius 1 is 1.77 bits per heavy atom. The minimum atomic E-state index is -0.289. The molecule has 3 heteroatoms. The van der Waals surface area contributed by atoms with Crippen molar-refractivity contribution in [2.75, 3.05) is 20.2 Å². The second-order valence-electron chi connectivity index (χ2n) is 3.53. The molecular weight excluding hydrogens is 166 g/mol. The van der Waals surface area contributed by atoms with Gasteiger partial charge in [0, 0.05) is 6.54 Å². The summed E-state index contributed by atoms with van der Waals surface area (Å²) in [6.45, 7) is 5.32. The molecule has 1 aliphatic heterocycles. The van der Waals surface area contributed by atoms with Gasteiger partial charge in [-0.15, -0.1) is 6.58 Å². The quantitative estimate of drug-likeness (QED) is 0.524. The van der Waals surface area contributed by atoms with Crippen molar-refractivity contribution in [3.8, 4) is 0 Å². The average molecular weight is 183 g/mol. The standard InChI is InChI=1S/C10H17NO2/c1-3-4-5-10(9(12)13-2)6-7-11-8-10/h3,11H,1,4-8H2,2H3. The highest BCUT2D eigenvalue weighted by atomic mass is 16.5. The number of carbonyl (C=O) groups excluding carboxylic acids is 1. The molecule has 1 rings (SSSR count). The van der Waals surface area contributed by atoms with Gasteiger partial charge in [-0.3, -0.25) is 4.79 Å². The van der Waals surface area contributed by atoms with Crippen molar-refractivity contribution in [2.45, 2.75) is 19.3 Å². The van der Waals surface area contributed by atoms with Crippen molar-refractivity contribution in [3.63, 3.8) is 0 Å². The van der Waals surface area contributed by atoms with Crippen LogP contribution in [0.15, 0.2) is 12.7 Å². The van der Waals surface area contributed by atoms with E-state index in [-0.39, 0.29) is 11.4 Å². The van der Waals surface area contributed by atoms with Crippen molar-refractivity contribution in [3.05, 3.63) is 12.7 Å². The summed E-state index contributed by atoms with van der Waals surface area (Å²) in [6.07, 6.45) is 4.45. The van der Waals surface area contributed by atoms with Gasteiger partial charge in [-0.2, -0.15) is 0 Å². The summed E-state index contributed by atoms with van der Waals surface area (Å²) in [4.78, 5) is 11.5. The normalized spacial score (nSPS) is 27.2. The number of ether oxygens (including phenoxy) is 1. The fourth-order valence-electron chi connectivity index (χ4n) is 1.83. The molecule has 0 bridgehead atoms. The Morgan fingerprint density at radius 2 is 2.54 bits per heavy atom. The van der Waals surface area contributed by atoms with Crippen LogP contribution >= 0.6 is 0 Å². The van der Waals surface area contributed by atoms with Crippen LogP contribution in [0.2, 0.25) is 0 Å². The molecular formula is C10H17NO2. The zero-order chi connectivity index (χ0) is 9.73. The van der Waals surface area contributed by atoms with Gasteiger partial charge in [0.15, 0.2) is 0 Å². The lowest BCUT2D eigenvalue weighted by molar-refractivity contribution is -0.152. The minimum Gasteiger partial charge on any atom is -0.469 e. The van der Waals surface area contributed by atoms with Crippen LogP contribution in [0.5, 0.6) is 0 Å². The maximum absolute atomic E-state index is 11.5. The molecule has 0 aromatic rings. The SMILES string of the molecule is C=CCCC1(C(=O)OC)CCNC1. The highest BCUT2D eigenvalue weighted by Crippen LogP contribution is 2.32. The molecule has 1 fully saturated rings. The second-order valence-corrected chi connectivity index (χ2v) is 3.53. The van der Waals surface area contributed by atoms with E-state index in [4.69, 9.17) is 4.74 Å². The van der Waals surface area contributed by atoms with Crippen LogP contribution in [0, 0.1) is 5.41 Å². The van der Waals surface area contributed by atoms with Crippen LogP contribution < -0.4 is 5.32 Å². The summed E-state index contributed by atoms with van der Waals surface area (Å²) >= 11 is 0. The van der Waals surface area contributed by atoms with Gasteiger partial charge in [0.05, 0.1) is 12.5 Å². The fraction of sp³-hybridized carbons (Fsp3) is 0.700. The number of esters is 1. The molecule has 1 aliphatic rings. The maximum atomic E-state index is 11.5. The topological polar surface area (TPSA) is 38.3 Å². The number of carbonyl (C=O) groups is 1. The van der Waals surface area contributed by atoms with Gasteiger partial charge in [-0.05, 0) is 25.8 Å². The summed E-state index contributed by atoms with van der Waals surface area (Å²) in [7, 11) is 1.45. The fourth-order valence-corrected chi connectivity index (χ4v) is 1.83. The number of allylic oxidation sites excluding steroid dienone is 1. The van der Waals surface area contributed by atoms with Crippen LogP contribution in [0.3, 0.4) is 0 Å². The first kappa shape index (κ1) is 10.3. The van der Waals surface area contributed by atoms with Crippen LogP contribution in [0.25, 0.3) is 0 Å². The maximum Gasteiger partial charge on any atom is 0.313 e. The molecule has 0 aliphatic carbocycles. The number of rotatable bonds is 4. The smallest absolute Gasteiger partial charge is 0.313 e. The molecule has 0 saturated carbocycles. The Labute approximate surface area is 79.2 Å². The van der Waals surface area contributed by atoms with E-state index < -0.39 is 0 Å². The molecule has 74 valence electrons. The summed E-state index contributed by atoms with van der Waals surface area (Å²) in [6, 6.07) is 0. The Hall–Kier alpha value is -0.830. The number of nitrogens with one attached hydrogen (secondary N) is 1. The van der Waals surface area contributed by atoms with Gasteiger partial charge in [0.2, 0.25) is 0 Å². The molecule has 0 aromatic carbocycles. The van der Waals surface area contributed by atoms with Crippen LogP contribution in [0.4, 0.5) is 0 Å². The van der Waals surface area contributed by atoms with E-state index in [1.165, 1.54) is 7.11 Å². The van der Waals surface area contributed by atoms with Gasteiger partial charge < -0.3 is 10.1 Å². The molecule has 3 nitrogen and oxygen atoms in total. The Kier molecular flexibility index (Phi) is 3.48.